The lowest BCUT2D eigenvalue weighted by atomic mass is 10.2. The normalized spacial score (nSPS) is 11.8. The Balaban J connectivity index is 2.12. The van der Waals surface area contributed by atoms with Gasteiger partial charge in [0.2, 0.25) is 0 Å². The minimum atomic E-state index is -4.51. The fourth-order valence-electron chi connectivity index (χ4n) is 1.43. The molecule has 0 unspecified atom stereocenters. The quantitative estimate of drug-likeness (QED) is 0.667. The average molecular weight is 316 g/mol. The molecule has 0 spiro atoms. The van der Waals surface area contributed by atoms with Crippen molar-refractivity contribution in [3.63, 3.8) is 0 Å². The number of rotatable bonds is 3. The van der Waals surface area contributed by atoms with E-state index in [-0.39, 0.29) is 16.6 Å². The molecule has 0 radical (unpaired) electrons. The van der Waals surface area contributed by atoms with Crippen LogP contribution in [0.2, 0.25) is 5.02 Å². The van der Waals surface area contributed by atoms with E-state index in [4.69, 9.17) is 11.6 Å². The van der Waals surface area contributed by atoms with Gasteiger partial charge in [-0.25, -0.2) is 4.98 Å². The molecule has 110 valence electrons. The molecule has 21 heavy (non-hydrogen) atoms. The molecule has 2 aromatic rings. The van der Waals surface area contributed by atoms with Gasteiger partial charge in [0, 0.05) is 11.8 Å². The van der Waals surface area contributed by atoms with Crippen molar-refractivity contribution in [3.05, 3.63) is 52.7 Å². The SMILES string of the molecule is Oc1ccccc1/C=N/Nc1ncc(C(F)(F)F)cc1Cl. The second-order valence-corrected chi connectivity index (χ2v) is 4.39. The molecule has 1 aromatic heterocycles. The van der Waals surface area contributed by atoms with Crippen molar-refractivity contribution < 1.29 is 18.3 Å². The molecular weight excluding hydrogens is 307 g/mol. The van der Waals surface area contributed by atoms with Gasteiger partial charge < -0.3 is 5.11 Å². The lowest BCUT2D eigenvalue weighted by Crippen LogP contribution is -2.06. The highest BCUT2D eigenvalue weighted by Crippen LogP contribution is 2.32. The second-order valence-electron chi connectivity index (χ2n) is 3.98. The van der Waals surface area contributed by atoms with E-state index >= 15 is 0 Å². The summed E-state index contributed by atoms with van der Waals surface area (Å²) in [6.45, 7) is 0. The minimum Gasteiger partial charge on any atom is -0.507 e. The lowest BCUT2D eigenvalue weighted by molar-refractivity contribution is -0.137. The summed E-state index contributed by atoms with van der Waals surface area (Å²) < 4.78 is 37.3. The molecule has 1 heterocycles. The van der Waals surface area contributed by atoms with Crippen LogP contribution in [0.5, 0.6) is 5.75 Å². The number of nitrogens with zero attached hydrogens (tertiary/aromatic N) is 2. The first-order valence-corrected chi connectivity index (χ1v) is 6.05. The number of hydrogen-bond acceptors (Lipinski definition) is 4. The number of pyridine rings is 1. The highest BCUT2D eigenvalue weighted by atomic mass is 35.5. The highest BCUT2D eigenvalue weighted by molar-refractivity contribution is 6.32. The van der Waals surface area contributed by atoms with Crippen LogP contribution in [0.15, 0.2) is 41.6 Å². The van der Waals surface area contributed by atoms with Gasteiger partial charge in [-0.3, -0.25) is 5.43 Å². The molecule has 0 saturated heterocycles. The Morgan fingerprint density at radius 2 is 2.00 bits per heavy atom. The fourth-order valence-corrected chi connectivity index (χ4v) is 1.64. The van der Waals surface area contributed by atoms with Crippen LogP contribution >= 0.6 is 11.6 Å². The topological polar surface area (TPSA) is 57.5 Å². The standard InChI is InChI=1S/C13H9ClF3N3O/c14-10-5-9(13(15,16)17)7-18-12(10)20-19-6-8-3-1-2-4-11(8)21/h1-7,21H,(H,18,20)/b19-6+. The number of benzene rings is 1. The third-order valence-electron chi connectivity index (χ3n) is 2.48. The van der Waals surface area contributed by atoms with Gasteiger partial charge in [0.25, 0.3) is 0 Å². The molecule has 0 bridgehead atoms. The fraction of sp³-hybridized carbons (Fsp3) is 0.0769. The van der Waals surface area contributed by atoms with E-state index in [1.165, 1.54) is 12.3 Å². The van der Waals surface area contributed by atoms with Gasteiger partial charge in [-0.05, 0) is 18.2 Å². The average Bonchev–Trinajstić information content (AvgIpc) is 2.41. The molecule has 2 rings (SSSR count). The van der Waals surface area contributed by atoms with Gasteiger partial charge in [-0.15, -0.1) is 0 Å². The molecule has 8 heteroatoms. The summed E-state index contributed by atoms with van der Waals surface area (Å²) in [6, 6.07) is 7.19. The van der Waals surface area contributed by atoms with Crippen LogP contribution < -0.4 is 5.43 Å². The molecular formula is C13H9ClF3N3O. The van der Waals surface area contributed by atoms with E-state index < -0.39 is 11.7 Å². The number of para-hydroxylation sites is 1. The third-order valence-corrected chi connectivity index (χ3v) is 2.77. The van der Waals surface area contributed by atoms with Crippen LogP contribution in [0.1, 0.15) is 11.1 Å². The zero-order valence-corrected chi connectivity index (χ0v) is 11.2. The molecule has 0 saturated carbocycles. The molecule has 0 aliphatic carbocycles. The van der Waals surface area contributed by atoms with Gasteiger partial charge in [0.05, 0.1) is 16.8 Å². The number of phenols is 1. The van der Waals surface area contributed by atoms with E-state index in [1.807, 2.05) is 0 Å². The van der Waals surface area contributed by atoms with Crippen LogP contribution in [-0.2, 0) is 6.18 Å². The third kappa shape index (κ3) is 3.85. The first-order chi connectivity index (χ1) is 9.88. The van der Waals surface area contributed by atoms with Gasteiger partial charge in [-0.2, -0.15) is 18.3 Å². The maximum absolute atomic E-state index is 12.4. The van der Waals surface area contributed by atoms with Gasteiger partial charge in [0.1, 0.15) is 5.75 Å². The van der Waals surface area contributed by atoms with Crippen molar-refractivity contribution in [3.8, 4) is 5.75 Å². The minimum absolute atomic E-state index is 0.0173. The van der Waals surface area contributed by atoms with Crippen LogP contribution in [0.25, 0.3) is 0 Å². The number of hydrogen-bond donors (Lipinski definition) is 2. The first kappa shape index (κ1) is 15.1. The summed E-state index contributed by atoms with van der Waals surface area (Å²) in [6.07, 6.45) is -2.55. The van der Waals surface area contributed by atoms with Crippen molar-refractivity contribution in [2.24, 2.45) is 5.10 Å². The predicted octanol–water partition coefficient (Wildman–Crippen LogP) is 3.91. The number of anilines is 1. The Morgan fingerprint density at radius 3 is 2.62 bits per heavy atom. The number of aromatic hydroxyl groups is 1. The summed E-state index contributed by atoms with van der Waals surface area (Å²) in [5.41, 5.74) is 1.91. The van der Waals surface area contributed by atoms with E-state index in [2.05, 4.69) is 15.5 Å². The van der Waals surface area contributed by atoms with Crippen LogP contribution in [0.4, 0.5) is 19.0 Å². The maximum atomic E-state index is 12.4. The number of aromatic nitrogens is 1. The second kappa shape index (κ2) is 6.01. The molecule has 0 atom stereocenters. The molecule has 0 fully saturated rings. The van der Waals surface area contributed by atoms with E-state index in [9.17, 15) is 18.3 Å². The van der Waals surface area contributed by atoms with Crippen molar-refractivity contribution in [1.82, 2.24) is 4.98 Å². The predicted molar refractivity (Wildman–Crippen MR) is 73.6 cm³/mol. The summed E-state index contributed by atoms with van der Waals surface area (Å²) in [5.74, 6) is 0.00543. The number of alkyl halides is 3. The summed E-state index contributed by atoms with van der Waals surface area (Å²) in [4.78, 5) is 3.56. The van der Waals surface area contributed by atoms with Crippen LogP contribution in [0, 0.1) is 0 Å². The van der Waals surface area contributed by atoms with Gasteiger partial charge in [-0.1, -0.05) is 23.7 Å². The molecule has 0 aliphatic rings. The Kier molecular flexibility index (Phi) is 4.32. The number of halogens is 4. The number of nitrogens with one attached hydrogen (secondary N) is 1. The summed E-state index contributed by atoms with van der Waals surface area (Å²) in [5, 5.41) is 13.1. The molecule has 2 N–H and O–H groups in total. The van der Waals surface area contributed by atoms with E-state index in [1.54, 1.807) is 18.2 Å². The largest absolute Gasteiger partial charge is 0.507 e. The van der Waals surface area contributed by atoms with Crippen molar-refractivity contribution in [2.75, 3.05) is 5.43 Å². The van der Waals surface area contributed by atoms with E-state index in [0.29, 0.717) is 11.8 Å². The Morgan fingerprint density at radius 1 is 1.29 bits per heavy atom. The Bertz CT molecular complexity index is 674. The van der Waals surface area contributed by atoms with Crippen LogP contribution in [0.3, 0.4) is 0 Å². The Labute approximate surface area is 122 Å². The van der Waals surface area contributed by atoms with Gasteiger partial charge in [0.15, 0.2) is 5.82 Å². The van der Waals surface area contributed by atoms with E-state index in [0.717, 1.165) is 6.07 Å². The van der Waals surface area contributed by atoms with Crippen molar-refractivity contribution in [1.29, 1.82) is 0 Å². The molecule has 1 aromatic carbocycles. The zero-order chi connectivity index (χ0) is 15.5. The number of hydrazone groups is 1. The van der Waals surface area contributed by atoms with Crippen molar-refractivity contribution in [2.45, 2.75) is 6.18 Å². The smallest absolute Gasteiger partial charge is 0.417 e. The maximum Gasteiger partial charge on any atom is 0.417 e. The van der Waals surface area contributed by atoms with Crippen molar-refractivity contribution >= 4 is 23.6 Å². The summed E-state index contributed by atoms with van der Waals surface area (Å²) >= 11 is 5.70. The highest BCUT2D eigenvalue weighted by Gasteiger charge is 2.31. The Hall–Kier alpha value is -2.28. The molecule has 4 nitrogen and oxygen atoms in total. The zero-order valence-electron chi connectivity index (χ0n) is 10.4. The summed E-state index contributed by atoms with van der Waals surface area (Å²) in [7, 11) is 0. The monoisotopic (exact) mass is 315 g/mol. The van der Waals surface area contributed by atoms with Gasteiger partial charge >= 0.3 is 6.18 Å². The lowest BCUT2D eigenvalue weighted by Gasteiger charge is -2.08. The van der Waals surface area contributed by atoms with Crippen LogP contribution in [-0.4, -0.2) is 16.3 Å². The molecule has 0 amide bonds. The first-order valence-electron chi connectivity index (χ1n) is 5.68. The molecule has 0 aliphatic heterocycles. The number of phenolic OH excluding ortho intramolecular Hbond substituents is 1.